The molecule has 0 spiro atoms. The molecule has 4 amide bonds. The van der Waals surface area contributed by atoms with E-state index in [0.717, 1.165) is 29.5 Å². The fourth-order valence-corrected chi connectivity index (χ4v) is 4.57. The van der Waals surface area contributed by atoms with Crippen molar-refractivity contribution >= 4 is 23.6 Å². The molecule has 8 heteroatoms. The molecule has 1 atom stereocenters. The standard InChI is InChI=1S/C21H24N4O4/c26-17-4-3-16(18(27)24-17)25-19(28)14-2-1-12(7-15(14)20(25)29)11-23-21(5-6-21)8-13-9-22-10-13/h1-2,7,13,16,22-23H,3-6,8-11H2,(H,24,26,27). The Morgan fingerprint density at radius 2 is 1.83 bits per heavy atom. The molecule has 1 aromatic carbocycles. The first kappa shape index (κ1) is 18.4. The maximum absolute atomic E-state index is 12.9. The van der Waals surface area contributed by atoms with Gasteiger partial charge in [-0.05, 0) is 62.4 Å². The van der Waals surface area contributed by atoms with Crippen LogP contribution < -0.4 is 16.0 Å². The Kier molecular flexibility index (Phi) is 4.29. The summed E-state index contributed by atoms with van der Waals surface area (Å²) in [5.74, 6) is -1.13. The molecule has 0 bridgehead atoms. The van der Waals surface area contributed by atoms with Gasteiger partial charge in [-0.2, -0.15) is 0 Å². The Morgan fingerprint density at radius 1 is 1.07 bits per heavy atom. The summed E-state index contributed by atoms with van der Waals surface area (Å²) in [5, 5.41) is 9.18. The fourth-order valence-electron chi connectivity index (χ4n) is 4.57. The van der Waals surface area contributed by atoms with Crippen molar-refractivity contribution in [1.82, 2.24) is 20.9 Å². The molecule has 1 aliphatic carbocycles. The van der Waals surface area contributed by atoms with Crippen LogP contribution in [0.4, 0.5) is 0 Å². The van der Waals surface area contributed by atoms with Gasteiger partial charge in [0.15, 0.2) is 0 Å². The molecule has 3 aliphatic heterocycles. The summed E-state index contributed by atoms with van der Waals surface area (Å²) >= 11 is 0. The van der Waals surface area contributed by atoms with E-state index in [-0.39, 0.29) is 24.3 Å². The fraction of sp³-hybridized carbons (Fsp3) is 0.524. The second-order valence-corrected chi connectivity index (χ2v) is 8.69. The van der Waals surface area contributed by atoms with Gasteiger partial charge < -0.3 is 10.6 Å². The van der Waals surface area contributed by atoms with Gasteiger partial charge in [0.25, 0.3) is 11.8 Å². The van der Waals surface area contributed by atoms with Gasteiger partial charge in [-0.1, -0.05) is 6.07 Å². The highest BCUT2D eigenvalue weighted by molar-refractivity contribution is 6.23. The predicted octanol–water partition coefficient (Wildman–Crippen LogP) is 0.320. The number of amides is 4. The highest BCUT2D eigenvalue weighted by Gasteiger charge is 2.46. The molecule has 3 N–H and O–H groups in total. The Balaban J connectivity index is 1.29. The number of nitrogens with zero attached hydrogens (tertiary/aromatic N) is 1. The third-order valence-electron chi connectivity index (χ3n) is 6.57. The molecule has 8 nitrogen and oxygen atoms in total. The van der Waals surface area contributed by atoms with E-state index in [1.54, 1.807) is 12.1 Å². The summed E-state index contributed by atoms with van der Waals surface area (Å²) in [6, 6.07) is 4.38. The van der Waals surface area contributed by atoms with E-state index >= 15 is 0 Å². The topological polar surface area (TPSA) is 108 Å². The molecule has 5 rings (SSSR count). The Labute approximate surface area is 168 Å². The molecule has 3 heterocycles. The minimum atomic E-state index is -0.924. The number of imide groups is 2. The summed E-state index contributed by atoms with van der Waals surface area (Å²) < 4.78 is 0. The van der Waals surface area contributed by atoms with Crippen LogP contribution in [0, 0.1) is 5.92 Å². The van der Waals surface area contributed by atoms with Crippen molar-refractivity contribution < 1.29 is 19.2 Å². The van der Waals surface area contributed by atoms with Gasteiger partial charge in [-0.25, -0.2) is 0 Å². The molecular formula is C21H24N4O4. The van der Waals surface area contributed by atoms with Gasteiger partial charge in [0, 0.05) is 18.5 Å². The lowest BCUT2D eigenvalue weighted by Crippen LogP contribution is -2.54. The van der Waals surface area contributed by atoms with E-state index in [9.17, 15) is 19.2 Å². The number of hydrogen-bond acceptors (Lipinski definition) is 6. The van der Waals surface area contributed by atoms with E-state index < -0.39 is 23.8 Å². The van der Waals surface area contributed by atoms with Crippen LogP contribution in [0.5, 0.6) is 0 Å². The van der Waals surface area contributed by atoms with Gasteiger partial charge in [0.05, 0.1) is 11.1 Å². The minimum Gasteiger partial charge on any atom is -0.316 e. The molecule has 4 aliphatic rings. The second kappa shape index (κ2) is 6.74. The second-order valence-electron chi connectivity index (χ2n) is 8.69. The van der Waals surface area contributed by atoms with Crippen molar-refractivity contribution in [3.63, 3.8) is 0 Å². The van der Waals surface area contributed by atoms with Gasteiger partial charge in [-0.3, -0.25) is 29.4 Å². The van der Waals surface area contributed by atoms with E-state index in [2.05, 4.69) is 16.0 Å². The predicted molar refractivity (Wildman–Crippen MR) is 103 cm³/mol. The monoisotopic (exact) mass is 396 g/mol. The summed E-state index contributed by atoms with van der Waals surface area (Å²) in [5.41, 5.74) is 1.83. The highest BCUT2D eigenvalue weighted by Crippen LogP contribution is 2.42. The number of hydrogen-bond donors (Lipinski definition) is 3. The van der Waals surface area contributed by atoms with Crippen molar-refractivity contribution in [3.8, 4) is 0 Å². The quantitative estimate of drug-likeness (QED) is 0.598. The van der Waals surface area contributed by atoms with E-state index in [1.165, 1.54) is 19.3 Å². The number of carbonyl (C=O) groups excluding carboxylic acids is 4. The first-order chi connectivity index (χ1) is 14.0. The molecule has 1 saturated carbocycles. The van der Waals surface area contributed by atoms with E-state index in [0.29, 0.717) is 17.7 Å². The SMILES string of the molecule is O=C1CCC(N2C(=O)c3ccc(CNC4(CC5CNC5)CC4)cc3C2=O)C(=O)N1. The van der Waals surface area contributed by atoms with Crippen molar-refractivity contribution in [2.24, 2.45) is 5.92 Å². The minimum absolute atomic E-state index is 0.123. The Morgan fingerprint density at radius 3 is 2.48 bits per heavy atom. The molecule has 152 valence electrons. The van der Waals surface area contributed by atoms with Crippen LogP contribution in [0.1, 0.15) is 58.4 Å². The lowest BCUT2D eigenvalue weighted by molar-refractivity contribution is -0.136. The number of benzene rings is 1. The summed E-state index contributed by atoms with van der Waals surface area (Å²) in [7, 11) is 0. The third-order valence-corrected chi connectivity index (χ3v) is 6.57. The molecule has 0 aromatic heterocycles. The number of carbonyl (C=O) groups is 4. The van der Waals surface area contributed by atoms with Crippen molar-refractivity contribution in [3.05, 3.63) is 34.9 Å². The average molecular weight is 396 g/mol. The normalized spacial score (nSPS) is 25.7. The molecule has 0 radical (unpaired) electrons. The van der Waals surface area contributed by atoms with Crippen LogP contribution in [0.3, 0.4) is 0 Å². The molecular weight excluding hydrogens is 372 g/mol. The maximum atomic E-state index is 12.9. The maximum Gasteiger partial charge on any atom is 0.262 e. The highest BCUT2D eigenvalue weighted by atomic mass is 16.2. The summed E-state index contributed by atoms with van der Waals surface area (Å²) in [6.07, 6.45) is 3.82. The summed E-state index contributed by atoms with van der Waals surface area (Å²) in [4.78, 5) is 50.2. The van der Waals surface area contributed by atoms with E-state index in [1.807, 2.05) is 6.07 Å². The van der Waals surface area contributed by atoms with Gasteiger partial charge in [0.1, 0.15) is 6.04 Å². The van der Waals surface area contributed by atoms with Crippen molar-refractivity contribution in [2.75, 3.05) is 13.1 Å². The van der Waals surface area contributed by atoms with Crippen molar-refractivity contribution in [2.45, 2.75) is 50.2 Å². The zero-order valence-corrected chi connectivity index (χ0v) is 16.1. The van der Waals surface area contributed by atoms with E-state index in [4.69, 9.17) is 0 Å². The molecule has 2 saturated heterocycles. The zero-order valence-electron chi connectivity index (χ0n) is 16.1. The molecule has 3 fully saturated rings. The van der Waals surface area contributed by atoms with Crippen LogP contribution in [-0.4, -0.2) is 53.2 Å². The van der Waals surface area contributed by atoms with Crippen LogP contribution >= 0.6 is 0 Å². The first-order valence-electron chi connectivity index (χ1n) is 10.3. The largest absolute Gasteiger partial charge is 0.316 e. The number of fused-ring (bicyclic) bond motifs is 1. The molecule has 29 heavy (non-hydrogen) atoms. The third kappa shape index (κ3) is 3.26. The molecule has 1 unspecified atom stereocenters. The smallest absolute Gasteiger partial charge is 0.262 e. The number of rotatable bonds is 6. The van der Waals surface area contributed by atoms with Gasteiger partial charge in [-0.15, -0.1) is 0 Å². The van der Waals surface area contributed by atoms with Crippen LogP contribution in [0.15, 0.2) is 18.2 Å². The average Bonchev–Trinajstić information content (AvgIpc) is 3.40. The van der Waals surface area contributed by atoms with Gasteiger partial charge in [0.2, 0.25) is 11.8 Å². The number of piperidine rings is 1. The lowest BCUT2D eigenvalue weighted by atomic mass is 9.93. The van der Waals surface area contributed by atoms with Crippen LogP contribution in [-0.2, 0) is 16.1 Å². The summed E-state index contributed by atoms with van der Waals surface area (Å²) in [6.45, 7) is 2.83. The van der Waals surface area contributed by atoms with Crippen LogP contribution in [0.2, 0.25) is 0 Å². The molecule has 1 aromatic rings. The Hall–Kier alpha value is -2.58. The van der Waals surface area contributed by atoms with Gasteiger partial charge >= 0.3 is 0 Å². The van der Waals surface area contributed by atoms with Crippen molar-refractivity contribution in [1.29, 1.82) is 0 Å². The first-order valence-corrected chi connectivity index (χ1v) is 10.3. The Bertz CT molecular complexity index is 919. The zero-order chi connectivity index (χ0) is 20.2. The number of nitrogens with one attached hydrogen (secondary N) is 3. The van der Waals surface area contributed by atoms with Crippen LogP contribution in [0.25, 0.3) is 0 Å². The lowest BCUT2D eigenvalue weighted by Gasteiger charge is -2.31.